The maximum atomic E-state index is 14.3. The Morgan fingerprint density at radius 1 is 1.14 bits per heavy atom. The molecule has 0 radical (unpaired) electrons. The van der Waals surface area contributed by atoms with E-state index in [-0.39, 0.29) is 25.5 Å². The number of nitrogens with one attached hydrogen (secondary N) is 2. The molecule has 2 N–H and O–H groups in total. The van der Waals surface area contributed by atoms with Gasteiger partial charge in [-0.05, 0) is 50.1 Å². The Morgan fingerprint density at radius 3 is 2.79 bits per heavy atom. The van der Waals surface area contributed by atoms with Gasteiger partial charge in [-0.3, -0.25) is 20.0 Å². The normalized spacial score (nSPS) is 18.3. The highest BCUT2D eigenvalue weighted by Gasteiger charge is 2.26. The second-order valence-corrected chi connectivity index (χ2v) is 11.0. The van der Waals surface area contributed by atoms with Gasteiger partial charge >= 0.3 is 0 Å². The molecule has 1 saturated heterocycles. The van der Waals surface area contributed by atoms with Crippen molar-refractivity contribution in [1.29, 1.82) is 0 Å². The van der Waals surface area contributed by atoms with Gasteiger partial charge in [0.1, 0.15) is 0 Å². The number of alkyl halides is 2. The van der Waals surface area contributed by atoms with Gasteiger partial charge in [0.15, 0.2) is 0 Å². The summed E-state index contributed by atoms with van der Waals surface area (Å²) in [4.78, 5) is 25.2. The molecule has 1 atom stereocenters. The van der Waals surface area contributed by atoms with Crippen LogP contribution in [-0.2, 0) is 18.3 Å². The maximum Gasteiger partial charge on any atom is 0.258 e. The van der Waals surface area contributed by atoms with Crippen molar-refractivity contribution in [1.82, 2.24) is 29.2 Å². The number of rotatable bonds is 5. The Labute approximate surface area is 248 Å². The van der Waals surface area contributed by atoms with Gasteiger partial charge in [0.2, 0.25) is 18.3 Å². The number of nitrogens with zero attached hydrogens (tertiary/aromatic N) is 6. The minimum Gasteiger partial charge on any atom is -0.477 e. The smallest absolute Gasteiger partial charge is 0.258 e. The number of anilines is 2. The quantitative estimate of drug-likeness (QED) is 0.354. The highest BCUT2D eigenvalue weighted by molar-refractivity contribution is 6.05. The zero-order chi connectivity index (χ0) is 29.9. The van der Waals surface area contributed by atoms with Crippen molar-refractivity contribution < 1.29 is 23.0 Å². The number of amides is 1. The molecule has 3 aromatic heterocycles. The first-order chi connectivity index (χ1) is 20.9. The topological polar surface area (TPSA) is 111 Å². The zero-order valence-electron chi connectivity index (χ0n) is 24.4. The predicted molar refractivity (Wildman–Crippen MR) is 159 cm³/mol. The number of hydrogen-bond acceptors (Lipinski definition) is 8. The molecule has 0 spiro atoms. The van der Waals surface area contributed by atoms with E-state index in [1.165, 1.54) is 0 Å². The van der Waals surface area contributed by atoms with E-state index in [2.05, 4.69) is 25.6 Å². The number of morpholine rings is 1. The van der Waals surface area contributed by atoms with Gasteiger partial charge in [0, 0.05) is 62.6 Å². The molecule has 0 unspecified atom stereocenters. The van der Waals surface area contributed by atoms with Crippen LogP contribution in [0.4, 0.5) is 20.4 Å². The lowest BCUT2D eigenvalue weighted by Gasteiger charge is -2.26. The van der Waals surface area contributed by atoms with Crippen molar-refractivity contribution in [2.75, 3.05) is 56.6 Å². The Morgan fingerprint density at radius 2 is 1.98 bits per heavy atom. The van der Waals surface area contributed by atoms with E-state index in [0.717, 1.165) is 45.1 Å². The van der Waals surface area contributed by atoms with E-state index in [9.17, 15) is 13.6 Å². The molecule has 43 heavy (non-hydrogen) atoms. The van der Waals surface area contributed by atoms with Gasteiger partial charge in [0.05, 0.1) is 48.3 Å². The average molecular weight is 595 g/mol. The number of carbonyl (C=O) groups is 1. The number of halogens is 2. The molecule has 6 rings (SSSR count). The number of imidazole rings is 1. The van der Waals surface area contributed by atoms with Crippen LogP contribution in [-0.4, -0.2) is 87.5 Å². The molecule has 13 heteroatoms. The molecule has 2 bridgehead atoms. The third-order valence-corrected chi connectivity index (χ3v) is 7.94. The predicted octanol–water partition coefficient (Wildman–Crippen LogP) is 4.19. The molecule has 0 saturated carbocycles. The molecule has 1 aromatic carbocycles. The minimum atomic E-state index is -2.56. The van der Waals surface area contributed by atoms with Crippen LogP contribution >= 0.6 is 0 Å². The number of hydrogen-bond donors (Lipinski definition) is 2. The minimum absolute atomic E-state index is 0.00876. The number of aromatic nitrogens is 5. The van der Waals surface area contributed by atoms with Crippen molar-refractivity contribution in [3.05, 3.63) is 47.8 Å². The summed E-state index contributed by atoms with van der Waals surface area (Å²) in [6.45, 7) is 6.97. The summed E-state index contributed by atoms with van der Waals surface area (Å²) in [6.07, 6.45) is -0.292. The van der Waals surface area contributed by atoms with Gasteiger partial charge < -0.3 is 19.4 Å². The standard InChI is InChI=1S/C30H36F2N8O3/c1-19-14-21-15-24(35-19)23-17-34-38(2)29(23)43-11-3-4-20(27(31)32)18-40-26-6-5-22(16-25(26)36-30(40)37-28(21)41)33-7-8-39-9-12-42-13-10-39/h5-6,14-17,20,27,33H,3-4,7-13,18H2,1-2H3,(H,36,37,41)/t20-/m1/s1. The van der Waals surface area contributed by atoms with Crippen molar-refractivity contribution in [2.45, 2.75) is 32.7 Å². The van der Waals surface area contributed by atoms with Crippen LogP contribution in [0.3, 0.4) is 0 Å². The van der Waals surface area contributed by atoms with Gasteiger partial charge in [-0.1, -0.05) is 0 Å². The van der Waals surface area contributed by atoms with Gasteiger partial charge in [-0.15, -0.1) is 0 Å². The molecular formula is C30H36F2N8O3. The number of carbonyl (C=O) groups excluding carboxylic acids is 1. The fraction of sp³-hybridized carbons (Fsp3) is 0.467. The third kappa shape index (κ3) is 6.47. The molecule has 2 aliphatic heterocycles. The number of benzene rings is 1. The molecule has 4 aromatic rings. The molecule has 5 heterocycles. The Hall–Kier alpha value is -4.10. The number of pyridine rings is 1. The first-order valence-corrected chi connectivity index (χ1v) is 14.6. The summed E-state index contributed by atoms with van der Waals surface area (Å²) in [5, 5.41) is 10.6. The lowest BCUT2D eigenvalue weighted by Crippen LogP contribution is -2.38. The van der Waals surface area contributed by atoms with Gasteiger partial charge in [0.25, 0.3) is 5.91 Å². The summed E-state index contributed by atoms with van der Waals surface area (Å²) in [5.74, 6) is -0.687. The second kappa shape index (κ2) is 12.6. The number of fused-ring (bicyclic) bond motifs is 7. The molecule has 2 aliphatic rings. The SMILES string of the molecule is Cc1cc2cc(n1)-c1cnn(C)c1OCCC[C@@H](C(F)F)Cn1c(nc3cc(NCCN4CCOCC4)ccc31)NC2=O. The molecular weight excluding hydrogens is 558 g/mol. The van der Waals surface area contributed by atoms with Crippen LogP contribution in [0, 0.1) is 12.8 Å². The number of ether oxygens (including phenoxy) is 2. The number of aryl methyl sites for hydroxylation is 2. The fourth-order valence-corrected chi connectivity index (χ4v) is 5.63. The molecule has 1 amide bonds. The van der Waals surface area contributed by atoms with Crippen LogP contribution < -0.4 is 15.4 Å². The van der Waals surface area contributed by atoms with E-state index in [4.69, 9.17) is 14.5 Å². The van der Waals surface area contributed by atoms with E-state index in [0.29, 0.717) is 45.8 Å². The second-order valence-electron chi connectivity index (χ2n) is 11.0. The summed E-state index contributed by atoms with van der Waals surface area (Å²) in [7, 11) is 1.74. The monoisotopic (exact) mass is 594 g/mol. The van der Waals surface area contributed by atoms with E-state index < -0.39 is 18.3 Å². The van der Waals surface area contributed by atoms with Crippen LogP contribution in [0.25, 0.3) is 22.3 Å². The lowest BCUT2D eigenvalue weighted by atomic mass is 10.0. The summed E-state index contributed by atoms with van der Waals surface area (Å²) < 4.78 is 43.4. The van der Waals surface area contributed by atoms with Gasteiger partial charge in [-0.25, -0.2) is 18.4 Å². The van der Waals surface area contributed by atoms with E-state index in [1.54, 1.807) is 41.5 Å². The highest BCUT2D eigenvalue weighted by Crippen LogP contribution is 2.31. The van der Waals surface area contributed by atoms with Crippen molar-refractivity contribution in [3.63, 3.8) is 0 Å². The highest BCUT2D eigenvalue weighted by atomic mass is 19.3. The molecule has 1 fully saturated rings. The molecule has 11 nitrogen and oxygen atoms in total. The van der Waals surface area contributed by atoms with Crippen LogP contribution in [0.5, 0.6) is 5.88 Å². The van der Waals surface area contributed by atoms with Crippen LogP contribution in [0.1, 0.15) is 28.9 Å². The largest absolute Gasteiger partial charge is 0.477 e. The van der Waals surface area contributed by atoms with Crippen molar-refractivity contribution in [2.24, 2.45) is 13.0 Å². The lowest BCUT2D eigenvalue weighted by molar-refractivity contribution is 0.0398. The van der Waals surface area contributed by atoms with Crippen LogP contribution in [0.2, 0.25) is 0 Å². The maximum absolute atomic E-state index is 14.3. The molecule has 0 aliphatic carbocycles. The first kappa shape index (κ1) is 29.0. The molecule has 228 valence electrons. The zero-order valence-corrected chi connectivity index (χ0v) is 24.4. The third-order valence-electron chi connectivity index (χ3n) is 7.94. The van der Waals surface area contributed by atoms with Gasteiger partial charge in [-0.2, -0.15) is 5.10 Å². The van der Waals surface area contributed by atoms with E-state index in [1.807, 2.05) is 18.2 Å². The Bertz CT molecular complexity index is 1600. The summed E-state index contributed by atoms with van der Waals surface area (Å²) in [6, 6.07) is 9.04. The Balaban J connectivity index is 1.33. The average Bonchev–Trinajstić information content (AvgIpc) is 3.53. The van der Waals surface area contributed by atoms with Crippen molar-refractivity contribution >= 4 is 28.6 Å². The fourth-order valence-electron chi connectivity index (χ4n) is 5.63. The first-order valence-electron chi connectivity index (χ1n) is 14.6. The van der Waals surface area contributed by atoms with Crippen molar-refractivity contribution in [3.8, 4) is 17.1 Å². The summed E-state index contributed by atoms with van der Waals surface area (Å²) >= 11 is 0. The summed E-state index contributed by atoms with van der Waals surface area (Å²) in [5.41, 5.74) is 4.31. The Kier molecular flexibility index (Phi) is 8.52. The van der Waals surface area contributed by atoms with Crippen LogP contribution in [0.15, 0.2) is 36.5 Å². The van der Waals surface area contributed by atoms with E-state index >= 15 is 0 Å².